The van der Waals surface area contributed by atoms with Gasteiger partial charge < -0.3 is 35.5 Å². The van der Waals surface area contributed by atoms with E-state index in [4.69, 9.17) is 9.47 Å². The fourth-order valence-corrected chi connectivity index (χ4v) is 2.26. The van der Waals surface area contributed by atoms with Crippen LogP contribution >= 0.6 is 0 Å². The average Bonchev–Trinajstić information content (AvgIpc) is 2.71. The first kappa shape index (κ1) is 29.5. The Morgan fingerprint density at radius 2 is 1.18 bits per heavy atom. The fourth-order valence-electron chi connectivity index (χ4n) is 2.26. The number of carbonyl (C=O) groups excluding carboxylic acids is 7. The number of hydrogen-bond donors (Lipinski definition) is 4. The van der Waals surface area contributed by atoms with Crippen LogP contribution < -0.4 is 21.3 Å². The summed E-state index contributed by atoms with van der Waals surface area (Å²) in [6.45, 7) is 3.12. The van der Waals surface area contributed by atoms with E-state index in [9.17, 15) is 33.6 Å². The summed E-state index contributed by atoms with van der Waals surface area (Å²) in [5.74, 6) is -5.18. The van der Waals surface area contributed by atoms with Gasteiger partial charge in [0, 0.05) is 6.54 Å². The fraction of sp³-hybridized carbons (Fsp3) is 0.632. The first-order valence-electron chi connectivity index (χ1n) is 9.84. The third-order valence-electron chi connectivity index (χ3n) is 3.82. The molecule has 4 N–H and O–H groups in total. The minimum Gasteiger partial charge on any atom is -0.467 e. The predicted molar refractivity (Wildman–Crippen MR) is 110 cm³/mol. The molecule has 0 rings (SSSR count). The number of esters is 3. The van der Waals surface area contributed by atoms with E-state index in [1.807, 2.05) is 0 Å². The first-order chi connectivity index (χ1) is 15.4. The molecule has 0 fully saturated rings. The van der Waals surface area contributed by atoms with Gasteiger partial charge in [0.05, 0.1) is 13.5 Å². The van der Waals surface area contributed by atoms with Gasteiger partial charge in [0.15, 0.2) is 0 Å². The van der Waals surface area contributed by atoms with Gasteiger partial charge in [-0.2, -0.15) is 0 Å². The topological polar surface area (TPSA) is 195 Å². The second-order valence-electron chi connectivity index (χ2n) is 6.88. The summed E-state index contributed by atoms with van der Waals surface area (Å²) in [4.78, 5) is 81.4. The van der Waals surface area contributed by atoms with Crippen LogP contribution in [0.4, 0.5) is 0 Å². The van der Waals surface area contributed by atoms with Crippen molar-refractivity contribution in [2.45, 2.75) is 51.7 Å². The molecular formula is C19H30N4O10. The Balaban J connectivity index is 4.39. The maximum absolute atomic E-state index is 11.9. The zero-order valence-corrected chi connectivity index (χ0v) is 19.1. The lowest BCUT2D eigenvalue weighted by atomic mass is 10.2. The molecule has 33 heavy (non-hydrogen) atoms. The zero-order chi connectivity index (χ0) is 25.6. The third kappa shape index (κ3) is 12.8. The van der Waals surface area contributed by atoms with Crippen LogP contribution in [0.1, 0.15) is 33.6 Å². The predicted octanol–water partition coefficient (Wildman–Crippen LogP) is -2.71. The molecule has 3 unspecified atom stereocenters. The number of Topliss-reactive ketones (excluding diaryl/α,β-unsaturated/α-hetero) is 1. The van der Waals surface area contributed by atoms with Crippen LogP contribution in [0.15, 0.2) is 0 Å². The van der Waals surface area contributed by atoms with E-state index in [-0.39, 0.29) is 18.7 Å². The second-order valence-corrected chi connectivity index (χ2v) is 6.88. The lowest BCUT2D eigenvalue weighted by Gasteiger charge is -2.17. The molecule has 0 aliphatic rings. The van der Waals surface area contributed by atoms with E-state index >= 15 is 0 Å². The van der Waals surface area contributed by atoms with Gasteiger partial charge in [-0.3, -0.25) is 19.2 Å². The van der Waals surface area contributed by atoms with Crippen molar-refractivity contribution in [3.8, 4) is 0 Å². The minimum absolute atomic E-state index is 0.0838. The molecule has 0 aromatic rings. The Morgan fingerprint density at radius 3 is 1.61 bits per heavy atom. The van der Waals surface area contributed by atoms with Gasteiger partial charge in [-0.25, -0.2) is 14.4 Å². The Hall–Kier alpha value is -3.55. The van der Waals surface area contributed by atoms with Gasteiger partial charge in [0.1, 0.15) is 30.3 Å². The van der Waals surface area contributed by atoms with Crippen LogP contribution in [-0.2, 0) is 47.8 Å². The molecule has 3 amide bonds. The van der Waals surface area contributed by atoms with Gasteiger partial charge in [-0.05, 0) is 27.8 Å². The molecular weight excluding hydrogens is 444 g/mol. The number of rotatable bonds is 14. The lowest BCUT2D eigenvalue weighted by molar-refractivity contribution is -0.170. The van der Waals surface area contributed by atoms with Gasteiger partial charge in [0.2, 0.25) is 24.5 Å². The number of likely N-dealkylation sites (N-methyl/N-ethyl adjacent to an activating group) is 1. The van der Waals surface area contributed by atoms with Gasteiger partial charge >= 0.3 is 17.9 Å². The Kier molecular flexibility index (Phi) is 13.6. The van der Waals surface area contributed by atoms with E-state index in [1.165, 1.54) is 20.8 Å². The monoisotopic (exact) mass is 474 g/mol. The van der Waals surface area contributed by atoms with E-state index in [0.29, 0.717) is 0 Å². The largest absolute Gasteiger partial charge is 0.467 e. The van der Waals surface area contributed by atoms with Gasteiger partial charge in [-0.15, -0.1) is 0 Å². The van der Waals surface area contributed by atoms with Crippen molar-refractivity contribution in [3.63, 3.8) is 0 Å². The number of hydrogen-bond acceptors (Lipinski definition) is 11. The van der Waals surface area contributed by atoms with E-state index in [1.54, 1.807) is 7.05 Å². The van der Waals surface area contributed by atoms with Crippen molar-refractivity contribution in [3.05, 3.63) is 0 Å². The van der Waals surface area contributed by atoms with Crippen molar-refractivity contribution in [2.24, 2.45) is 0 Å². The van der Waals surface area contributed by atoms with Crippen molar-refractivity contribution >= 4 is 41.4 Å². The molecule has 14 heteroatoms. The SMILES string of the molecule is CNCC(NC(=O)CC(=O)NC(C)C(=O)OCOC(=O)C(C)NC(=O)CC(C)=O)C(=O)OC. The summed E-state index contributed by atoms with van der Waals surface area (Å²) < 4.78 is 13.9. The molecule has 0 radical (unpaired) electrons. The number of ketones is 1. The summed E-state index contributed by atoms with van der Waals surface area (Å²) in [5.41, 5.74) is 0. The van der Waals surface area contributed by atoms with Crippen LogP contribution in [0.3, 0.4) is 0 Å². The summed E-state index contributed by atoms with van der Waals surface area (Å²) in [6, 6.07) is -3.25. The molecule has 0 aromatic carbocycles. The van der Waals surface area contributed by atoms with Crippen LogP contribution in [0.5, 0.6) is 0 Å². The van der Waals surface area contributed by atoms with Crippen LogP contribution in [-0.4, -0.2) is 87.0 Å². The van der Waals surface area contributed by atoms with E-state index in [0.717, 1.165) is 7.11 Å². The molecule has 0 aliphatic heterocycles. The van der Waals surface area contributed by atoms with Crippen molar-refractivity contribution < 1.29 is 47.8 Å². The highest BCUT2D eigenvalue weighted by Gasteiger charge is 2.24. The molecule has 0 bridgehead atoms. The minimum atomic E-state index is -1.18. The van der Waals surface area contributed by atoms with Crippen molar-refractivity contribution in [1.29, 1.82) is 0 Å². The highest BCUT2D eigenvalue weighted by molar-refractivity contribution is 5.99. The molecule has 0 heterocycles. The van der Waals surface area contributed by atoms with Crippen LogP contribution in [0.25, 0.3) is 0 Å². The van der Waals surface area contributed by atoms with Crippen LogP contribution in [0.2, 0.25) is 0 Å². The molecule has 0 spiro atoms. The first-order valence-corrected chi connectivity index (χ1v) is 9.84. The summed E-state index contributed by atoms with van der Waals surface area (Å²) in [6.07, 6.45) is -1.05. The molecule has 3 atom stereocenters. The Bertz CT molecular complexity index is 755. The molecule has 0 aromatic heterocycles. The number of carbonyl (C=O) groups is 7. The molecule has 186 valence electrons. The summed E-state index contributed by atoms with van der Waals surface area (Å²) >= 11 is 0. The maximum Gasteiger partial charge on any atom is 0.331 e. The molecule has 0 saturated heterocycles. The van der Waals surface area contributed by atoms with E-state index in [2.05, 4.69) is 26.0 Å². The molecule has 14 nitrogen and oxygen atoms in total. The van der Waals surface area contributed by atoms with Gasteiger partial charge in [-0.1, -0.05) is 0 Å². The van der Waals surface area contributed by atoms with E-state index < -0.39 is 67.0 Å². The quantitative estimate of drug-likeness (QED) is 0.116. The number of ether oxygens (including phenoxy) is 3. The molecule has 0 saturated carbocycles. The summed E-state index contributed by atoms with van der Waals surface area (Å²) in [5, 5.41) is 9.49. The highest BCUT2D eigenvalue weighted by Crippen LogP contribution is 1.96. The maximum atomic E-state index is 11.9. The summed E-state index contributed by atoms with van der Waals surface area (Å²) in [7, 11) is 2.71. The normalized spacial score (nSPS) is 12.9. The van der Waals surface area contributed by atoms with Crippen LogP contribution in [0, 0.1) is 0 Å². The van der Waals surface area contributed by atoms with Gasteiger partial charge in [0.25, 0.3) is 0 Å². The standard InChI is InChI=1S/C19H30N4O10/c1-10(24)6-14(25)21-11(2)17(28)32-9-33-18(29)12(3)22-15(26)7-16(27)23-13(8-20-4)19(30)31-5/h11-13,20H,6-9H2,1-5H3,(H,21,25)(H,22,26)(H,23,27). The molecule has 0 aliphatic carbocycles. The Morgan fingerprint density at radius 1 is 0.727 bits per heavy atom. The lowest BCUT2D eigenvalue weighted by Crippen LogP contribution is -2.49. The van der Waals surface area contributed by atoms with Crippen molar-refractivity contribution in [1.82, 2.24) is 21.3 Å². The van der Waals surface area contributed by atoms with Crippen molar-refractivity contribution in [2.75, 3.05) is 27.5 Å². The second kappa shape index (κ2) is 15.3. The number of amides is 3. The number of methoxy groups -OCH3 is 1. The third-order valence-corrected chi connectivity index (χ3v) is 3.82. The average molecular weight is 474 g/mol. The smallest absolute Gasteiger partial charge is 0.331 e. The number of nitrogens with one attached hydrogen (secondary N) is 4. The zero-order valence-electron chi connectivity index (χ0n) is 19.1. The highest BCUT2D eigenvalue weighted by atomic mass is 16.7. The Labute approximate surface area is 190 Å².